The highest BCUT2D eigenvalue weighted by Crippen LogP contribution is 2.30. The SMILES string of the molecule is O=C(NC(CO)C(=O)CO)c1ccc(O)c2[nH]c(-c3cccs3)nc12. The zero-order chi connectivity index (χ0) is 18.0. The lowest BCUT2D eigenvalue weighted by atomic mass is 10.1. The minimum atomic E-state index is -1.21. The molecule has 0 saturated carbocycles. The summed E-state index contributed by atoms with van der Waals surface area (Å²) in [5.74, 6) is -0.903. The van der Waals surface area contributed by atoms with Gasteiger partial charge in [-0.25, -0.2) is 4.98 Å². The minimum absolute atomic E-state index is 0.0630. The van der Waals surface area contributed by atoms with Crippen molar-refractivity contribution < 1.29 is 24.9 Å². The minimum Gasteiger partial charge on any atom is -0.506 e. The fourth-order valence-electron chi connectivity index (χ4n) is 2.37. The number of hydrogen-bond donors (Lipinski definition) is 5. The lowest BCUT2D eigenvalue weighted by molar-refractivity contribution is -0.124. The van der Waals surface area contributed by atoms with Gasteiger partial charge in [-0.15, -0.1) is 11.3 Å². The summed E-state index contributed by atoms with van der Waals surface area (Å²) in [6.45, 7) is -1.42. The summed E-state index contributed by atoms with van der Waals surface area (Å²) >= 11 is 1.45. The van der Waals surface area contributed by atoms with Crippen LogP contribution in [0.4, 0.5) is 0 Å². The summed E-state index contributed by atoms with van der Waals surface area (Å²) in [5.41, 5.74) is 0.676. The van der Waals surface area contributed by atoms with Crippen molar-refractivity contribution in [1.82, 2.24) is 15.3 Å². The Morgan fingerprint density at radius 3 is 2.72 bits per heavy atom. The normalized spacial score (nSPS) is 12.2. The van der Waals surface area contributed by atoms with Gasteiger partial charge in [0.25, 0.3) is 5.91 Å². The van der Waals surface area contributed by atoms with Crippen LogP contribution in [0.5, 0.6) is 5.75 Å². The summed E-state index contributed by atoms with van der Waals surface area (Å²) in [7, 11) is 0. The van der Waals surface area contributed by atoms with Crippen molar-refractivity contribution >= 4 is 34.1 Å². The maximum Gasteiger partial charge on any atom is 0.254 e. The molecule has 2 aromatic heterocycles. The van der Waals surface area contributed by atoms with Crippen LogP contribution in [0, 0.1) is 0 Å². The van der Waals surface area contributed by atoms with E-state index in [-0.39, 0.29) is 16.8 Å². The number of nitrogens with one attached hydrogen (secondary N) is 2. The predicted molar refractivity (Wildman–Crippen MR) is 91.5 cm³/mol. The molecule has 0 spiro atoms. The number of aliphatic hydroxyl groups excluding tert-OH is 2. The number of phenolic OH excluding ortho intramolecular Hbond substituents is 1. The molecule has 1 amide bonds. The number of carbonyl (C=O) groups excluding carboxylic acids is 2. The summed E-state index contributed by atoms with van der Waals surface area (Å²) < 4.78 is 0. The van der Waals surface area contributed by atoms with Gasteiger partial charge in [0.1, 0.15) is 35.3 Å². The Labute approximate surface area is 145 Å². The smallest absolute Gasteiger partial charge is 0.254 e. The van der Waals surface area contributed by atoms with Crippen LogP contribution in [0.2, 0.25) is 0 Å². The number of ketones is 1. The van der Waals surface area contributed by atoms with Crippen molar-refractivity contribution in [3.05, 3.63) is 35.2 Å². The monoisotopic (exact) mass is 361 g/mol. The number of hydrogen-bond acceptors (Lipinski definition) is 7. The van der Waals surface area contributed by atoms with Gasteiger partial charge in [-0.1, -0.05) is 6.07 Å². The predicted octanol–water partition coefficient (Wildman–Crippen LogP) is 0.649. The van der Waals surface area contributed by atoms with Gasteiger partial charge < -0.3 is 25.6 Å². The molecule has 25 heavy (non-hydrogen) atoms. The molecule has 1 aromatic carbocycles. The van der Waals surface area contributed by atoms with Crippen molar-refractivity contribution in [3.63, 3.8) is 0 Å². The Morgan fingerprint density at radius 2 is 2.08 bits per heavy atom. The Hall–Kier alpha value is -2.75. The number of amides is 1. The molecular formula is C16H15N3O5S. The summed E-state index contributed by atoms with van der Waals surface area (Å²) in [4.78, 5) is 32.2. The molecule has 0 bridgehead atoms. The molecule has 1 unspecified atom stereocenters. The Balaban J connectivity index is 2.00. The number of H-pyrrole nitrogens is 1. The maximum absolute atomic E-state index is 12.5. The quantitative estimate of drug-likeness (QED) is 0.437. The molecular weight excluding hydrogens is 346 g/mol. The van der Waals surface area contributed by atoms with Crippen LogP contribution in [-0.4, -0.2) is 56.2 Å². The number of aromatic amines is 1. The summed E-state index contributed by atoms with van der Waals surface area (Å²) in [6.07, 6.45) is 0. The number of carbonyl (C=O) groups is 2. The largest absolute Gasteiger partial charge is 0.506 e. The van der Waals surface area contributed by atoms with Gasteiger partial charge >= 0.3 is 0 Å². The average molecular weight is 361 g/mol. The lowest BCUT2D eigenvalue weighted by Gasteiger charge is -2.14. The third-order valence-corrected chi connectivity index (χ3v) is 4.53. The molecule has 0 fully saturated rings. The van der Waals surface area contributed by atoms with E-state index in [2.05, 4.69) is 15.3 Å². The number of aliphatic hydroxyl groups is 2. The van der Waals surface area contributed by atoms with E-state index in [9.17, 15) is 19.8 Å². The number of thiophene rings is 1. The van der Waals surface area contributed by atoms with Gasteiger partial charge in [-0.3, -0.25) is 9.59 Å². The zero-order valence-corrected chi connectivity index (χ0v) is 13.7. The topological polar surface area (TPSA) is 136 Å². The molecule has 0 aliphatic heterocycles. The molecule has 8 nitrogen and oxygen atoms in total. The molecule has 2 heterocycles. The molecule has 130 valence electrons. The van der Waals surface area contributed by atoms with Crippen LogP contribution in [0.3, 0.4) is 0 Å². The third kappa shape index (κ3) is 3.25. The van der Waals surface area contributed by atoms with Crippen LogP contribution in [0.1, 0.15) is 10.4 Å². The second-order valence-electron chi connectivity index (χ2n) is 5.25. The molecule has 0 aliphatic carbocycles. The summed E-state index contributed by atoms with van der Waals surface area (Å²) in [5, 5.41) is 32.3. The van der Waals surface area contributed by atoms with Gasteiger partial charge in [-0.2, -0.15) is 0 Å². The van der Waals surface area contributed by atoms with Crippen molar-refractivity contribution in [2.45, 2.75) is 6.04 Å². The van der Waals surface area contributed by atoms with Crippen LogP contribution in [0.15, 0.2) is 29.6 Å². The van der Waals surface area contributed by atoms with Gasteiger partial charge in [0.05, 0.1) is 17.0 Å². The van der Waals surface area contributed by atoms with E-state index in [1.54, 1.807) is 0 Å². The van der Waals surface area contributed by atoms with Gasteiger partial charge in [0, 0.05) is 0 Å². The first-order valence-electron chi connectivity index (χ1n) is 7.36. The van der Waals surface area contributed by atoms with Gasteiger partial charge in [-0.05, 0) is 23.6 Å². The molecule has 9 heteroatoms. The van der Waals surface area contributed by atoms with Gasteiger partial charge in [0.2, 0.25) is 0 Å². The lowest BCUT2D eigenvalue weighted by Crippen LogP contribution is -2.44. The third-order valence-electron chi connectivity index (χ3n) is 3.65. The molecule has 0 radical (unpaired) electrons. The number of aromatic hydroxyl groups is 1. The van der Waals surface area contributed by atoms with E-state index in [0.717, 1.165) is 4.88 Å². The van der Waals surface area contributed by atoms with Crippen LogP contribution < -0.4 is 5.32 Å². The Bertz CT molecular complexity index is 919. The first-order chi connectivity index (χ1) is 12.0. The molecule has 1 atom stereocenters. The number of Topliss-reactive ketones (excluding diaryl/α,β-unsaturated/α-hetero) is 1. The highest BCUT2D eigenvalue weighted by atomic mass is 32.1. The molecule has 0 saturated heterocycles. The van der Waals surface area contributed by atoms with Crippen molar-refractivity contribution in [2.75, 3.05) is 13.2 Å². The van der Waals surface area contributed by atoms with E-state index in [0.29, 0.717) is 11.3 Å². The fourth-order valence-corrected chi connectivity index (χ4v) is 3.03. The van der Waals surface area contributed by atoms with Gasteiger partial charge in [0.15, 0.2) is 5.78 Å². The second-order valence-corrected chi connectivity index (χ2v) is 6.20. The first-order valence-corrected chi connectivity index (χ1v) is 8.24. The van der Waals surface area contributed by atoms with E-state index in [4.69, 9.17) is 5.11 Å². The zero-order valence-electron chi connectivity index (χ0n) is 12.9. The van der Waals surface area contributed by atoms with E-state index in [1.807, 2.05) is 17.5 Å². The average Bonchev–Trinajstić information content (AvgIpc) is 3.28. The number of phenols is 1. The number of imidazole rings is 1. The molecule has 3 aromatic rings. The standard InChI is InChI=1S/C16H15N3O5S/c20-6-9(11(23)7-21)17-16(24)8-3-4-10(22)14-13(8)18-15(19-14)12-2-1-5-25-12/h1-5,9,20-22H,6-7H2,(H,17,24)(H,18,19). The number of rotatable bonds is 6. The van der Waals surface area contributed by atoms with Crippen LogP contribution in [0.25, 0.3) is 21.7 Å². The highest BCUT2D eigenvalue weighted by molar-refractivity contribution is 7.13. The van der Waals surface area contributed by atoms with Crippen LogP contribution in [-0.2, 0) is 4.79 Å². The van der Waals surface area contributed by atoms with Crippen molar-refractivity contribution in [3.8, 4) is 16.5 Å². The molecule has 0 aliphatic rings. The van der Waals surface area contributed by atoms with Crippen LogP contribution >= 0.6 is 11.3 Å². The van der Waals surface area contributed by atoms with Crippen molar-refractivity contribution in [2.24, 2.45) is 0 Å². The Kier molecular flexibility index (Phi) is 4.79. The van der Waals surface area contributed by atoms with Crippen molar-refractivity contribution in [1.29, 1.82) is 0 Å². The maximum atomic E-state index is 12.5. The number of fused-ring (bicyclic) bond motifs is 1. The highest BCUT2D eigenvalue weighted by Gasteiger charge is 2.23. The second kappa shape index (κ2) is 7.01. The van der Waals surface area contributed by atoms with E-state index >= 15 is 0 Å². The number of nitrogens with zero attached hydrogens (tertiary/aromatic N) is 1. The van der Waals surface area contributed by atoms with E-state index < -0.39 is 30.9 Å². The van der Waals surface area contributed by atoms with E-state index in [1.165, 1.54) is 23.5 Å². The molecule has 5 N–H and O–H groups in total. The number of aromatic nitrogens is 2. The Morgan fingerprint density at radius 1 is 1.28 bits per heavy atom. The molecule has 3 rings (SSSR count). The summed E-state index contributed by atoms with van der Waals surface area (Å²) in [6, 6.07) is 5.21. The number of benzene rings is 1. The first kappa shape index (κ1) is 17.1. The fraction of sp³-hybridized carbons (Fsp3) is 0.188.